The van der Waals surface area contributed by atoms with Crippen molar-refractivity contribution in [2.24, 2.45) is 0 Å². The molecule has 0 spiro atoms. The van der Waals surface area contributed by atoms with Crippen molar-refractivity contribution in [3.05, 3.63) is 63.5 Å². The monoisotopic (exact) mass is 371 g/mol. The number of fused-ring (bicyclic) bond motifs is 1. The number of carbonyl (C=O) groups excluding carboxylic acids is 1. The lowest BCUT2D eigenvalue weighted by Crippen LogP contribution is -2.16. The minimum atomic E-state index is -0.145. The van der Waals surface area contributed by atoms with Gasteiger partial charge in [0.1, 0.15) is 5.69 Å². The quantitative estimate of drug-likeness (QED) is 0.734. The Kier molecular flexibility index (Phi) is 4.22. The van der Waals surface area contributed by atoms with Gasteiger partial charge in [-0.1, -0.05) is 25.1 Å². The number of rotatable bonds is 3. The molecular weight excluding hydrogens is 354 g/mol. The Morgan fingerprint density at radius 1 is 1.30 bits per heavy atom. The van der Waals surface area contributed by atoms with Crippen molar-refractivity contribution >= 4 is 33.2 Å². The van der Waals surface area contributed by atoms with Gasteiger partial charge < -0.3 is 5.32 Å². The third kappa shape index (κ3) is 2.88. The lowest BCUT2D eigenvalue weighted by Gasteiger charge is -2.10. The van der Waals surface area contributed by atoms with E-state index in [1.54, 1.807) is 0 Å². The molecule has 0 bridgehead atoms. The average molecular weight is 372 g/mol. The summed E-state index contributed by atoms with van der Waals surface area (Å²) in [6, 6.07) is 9.86. The Bertz CT molecular complexity index is 899. The molecule has 118 valence electrons. The Hall–Kier alpha value is -2.14. The molecule has 5 heteroatoms. The number of amides is 1. The second kappa shape index (κ2) is 6.16. The Balaban J connectivity index is 2.06. The summed E-state index contributed by atoms with van der Waals surface area (Å²) in [5, 5.41) is 3.02. The van der Waals surface area contributed by atoms with Gasteiger partial charge in [-0.2, -0.15) is 0 Å². The zero-order valence-corrected chi connectivity index (χ0v) is 14.9. The summed E-state index contributed by atoms with van der Waals surface area (Å²) in [6.07, 6.45) is 2.80. The summed E-state index contributed by atoms with van der Waals surface area (Å²) in [6.45, 7) is 5.92. The molecule has 23 heavy (non-hydrogen) atoms. The molecule has 1 amide bonds. The van der Waals surface area contributed by atoms with Gasteiger partial charge in [-0.15, -0.1) is 0 Å². The first-order valence-electron chi connectivity index (χ1n) is 7.55. The van der Waals surface area contributed by atoms with Gasteiger partial charge in [0.05, 0.1) is 10.2 Å². The van der Waals surface area contributed by atoms with Crippen LogP contribution in [0.25, 0.3) is 5.65 Å². The molecule has 2 aromatic heterocycles. The van der Waals surface area contributed by atoms with Gasteiger partial charge in [0.2, 0.25) is 0 Å². The highest BCUT2D eigenvalue weighted by Crippen LogP contribution is 2.23. The fourth-order valence-electron chi connectivity index (χ4n) is 2.75. The first-order valence-corrected chi connectivity index (χ1v) is 8.34. The van der Waals surface area contributed by atoms with E-state index in [-0.39, 0.29) is 5.91 Å². The molecule has 0 radical (unpaired) electrons. The van der Waals surface area contributed by atoms with Crippen molar-refractivity contribution in [1.82, 2.24) is 9.38 Å². The van der Waals surface area contributed by atoms with Crippen LogP contribution in [0, 0.1) is 13.8 Å². The fourth-order valence-corrected chi connectivity index (χ4v) is 3.39. The number of hydrogen-bond donors (Lipinski definition) is 1. The van der Waals surface area contributed by atoms with E-state index in [9.17, 15) is 4.79 Å². The van der Waals surface area contributed by atoms with Crippen molar-refractivity contribution in [3.8, 4) is 0 Å². The maximum atomic E-state index is 12.8. The number of nitrogens with zero attached hydrogens (tertiary/aromatic N) is 2. The first-order chi connectivity index (χ1) is 11.0. The number of carbonyl (C=O) groups is 1. The van der Waals surface area contributed by atoms with Crippen molar-refractivity contribution in [2.75, 3.05) is 5.32 Å². The third-order valence-electron chi connectivity index (χ3n) is 3.85. The fraction of sp³-hybridized carbons (Fsp3) is 0.222. The Labute approximate surface area is 143 Å². The first kappa shape index (κ1) is 15.7. The number of imidazole rings is 1. The van der Waals surface area contributed by atoms with Crippen LogP contribution in [0.2, 0.25) is 0 Å². The lowest BCUT2D eigenvalue weighted by atomic mass is 10.1. The van der Waals surface area contributed by atoms with Crippen LogP contribution in [0.5, 0.6) is 0 Å². The normalized spacial score (nSPS) is 11.0. The largest absolute Gasteiger partial charge is 0.320 e. The van der Waals surface area contributed by atoms with Crippen molar-refractivity contribution in [1.29, 1.82) is 0 Å². The number of aryl methyl sites for hydroxylation is 3. The van der Waals surface area contributed by atoms with E-state index in [0.29, 0.717) is 11.4 Å². The predicted molar refractivity (Wildman–Crippen MR) is 96.1 cm³/mol. The minimum Gasteiger partial charge on any atom is -0.320 e. The topological polar surface area (TPSA) is 46.4 Å². The molecular formula is C18H18BrN3O. The SMILES string of the molecule is CCc1ccccc1NC(=O)c1c(C)nc2c(Br)cc(C)cn12. The van der Waals surface area contributed by atoms with Gasteiger partial charge in [-0.3, -0.25) is 9.20 Å². The molecule has 2 heterocycles. The highest BCUT2D eigenvalue weighted by atomic mass is 79.9. The molecule has 3 rings (SSSR count). The molecule has 1 N–H and O–H groups in total. The maximum absolute atomic E-state index is 12.8. The summed E-state index contributed by atoms with van der Waals surface area (Å²) >= 11 is 3.52. The molecule has 0 fully saturated rings. The van der Waals surface area contributed by atoms with Gasteiger partial charge in [-0.25, -0.2) is 4.98 Å². The van der Waals surface area contributed by atoms with Crippen molar-refractivity contribution < 1.29 is 4.79 Å². The number of hydrogen-bond acceptors (Lipinski definition) is 2. The van der Waals surface area contributed by atoms with Crippen LogP contribution in [0.4, 0.5) is 5.69 Å². The van der Waals surface area contributed by atoms with Crippen molar-refractivity contribution in [3.63, 3.8) is 0 Å². The van der Waals surface area contributed by atoms with Crippen LogP contribution in [-0.4, -0.2) is 15.3 Å². The molecule has 3 aromatic rings. The predicted octanol–water partition coefficient (Wildman–Crippen LogP) is 4.53. The number of anilines is 1. The zero-order valence-electron chi connectivity index (χ0n) is 13.4. The minimum absolute atomic E-state index is 0.145. The molecule has 0 atom stereocenters. The van der Waals surface area contributed by atoms with E-state index in [2.05, 4.69) is 33.2 Å². The van der Waals surface area contributed by atoms with Crippen LogP contribution in [-0.2, 0) is 6.42 Å². The molecule has 0 aliphatic heterocycles. The lowest BCUT2D eigenvalue weighted by molar-refractivity contribution is 0.102. The van der Waals surface area contributed by atoms with Crippen LogP contribution in [0.1, 0.15) is 34.2 Å². The summed E-state index contributed by atoms with van der Waals surface area (Å²) in [5.41, 5.74) is 5.05. The number of pyridine rings is 1. The van der Waals surface area contributed by atoms with Crippen LogP contribution in [0.3, 0.4) is 0 Å². The third-order valence-corrected chi connectivity index (χ3v) is 4.43. The van der Waals surface area contributed by atoms with E-state index in [4.69, 9.17) is 0 Å². The number of halogens is 1. The van der Waals surface area contributed by atoms with Gasteiger partial charge in [0.15, 0.2) is 5.65 Å². The summed E-state index contributed by atoms with van der Waals surface area (Å²) in [5.74, 6) is -0.145. The van der Waals surface area contributed by atoms with E-state index in [1.165, 1.54) is 0 Å². The second-order valence-corrected chi connectivity index (χ2v) is 6.42. The molecule has 1 aromatic carbocycles. The Morgan fingerprint density at radius 2 is 2.04 bits per heavy atom. The molecule has 0 aliphatic rings. The number of aromatic nitrogens is 2. The van der Waals surface area contributed by atoms with E-state index < -0.39 is 0 Å². The highest BCUT2D eigenvalue weighted by Gasteiger charge is 2.19. The summed E-state index contributed by atoms with van der Waals surface area (Å²) in [4.78, 5) is 17.3. The maximum Gasteiger partial charge on any atom is 0.274 e. The van der Waals surface area contributed by atoms with Gasteiger partial charge in [-0.05, 0) is 59.5 Å². The van der Waals surface area contributed by atoms with E-state index >= 15 is 0 Å². The molecule has 0 aliphatic carbocycles. The highest BCUT2D eigenvalue weighted by molar-refractivity contribution is 9.10. The standard InChI is InChI=1S/C18H18BrN3O/c1-4-13-7-5-6-8-15(13)21-18(23)16-12(3)20-17-14(19)9-11(2)10-22(16)17/h5-10H,4H2,1-3H3,(H,21,23). The summed E-state index contributed by atoms with van der Waals surface area (Å²) in [7, 11) is 0. The molecule has 0 saturated heterocycles. The van der Waals surface area contributed by atoms with Crippen LogP contribution in [0.15, 0.2) is 41.0 Å². The number of benzene rings is 1. The second-order valence-electron chi connectivity index (χ2n) is 5.57. The molecule has 0 unspecified atom stereocenters. The molecule has 4 nitrogen and oxygen atoms in total. The summed E-state index contributed by atoms with van der Waals surface area (Å²) < 4.78 is 2.73. The van der Waals surface area contributed by atoms with Gasteiger partial charge in [0, 0.05) is 11.9 Å². The molecule has 0 saturated carbocycles. The smallest absolute Gasteiger partial charge is 0.274 e. The van der Waals surface area contributed by atoms with E-state index in [1.807, 2.05) is 54.8 Å². The number of para-hydroxylation sites is 1. The van der Waals surface area contributed by atoms with Crippen LogP contribution < -0.4 is 5.32 Å². The van der Waals surface area contributed by atoms with Gasteiger partial charge >= 0.3 is 0 Å². The zero-order chi connectivity index (χ0) is 16.6. The van der Waals surface area contributed by atoms with Gasteiger partial charge in [0.25, 0.3) is 5.91 Å². The number of nitrogens with one attached hydrogen (secondary N) is 1. The van der Waals surface area contributed by atoms with Crippen molar-refractivity contribution in [2.45, 2.75) is 27.2 Å². The van der Waals surface area contributed by atoms with Crippen LogP contribution >= 0.6 is 15.9 Å². The van der Waals surface area contributed by atoms with E-state index in [0.717, 1.165) is 33.4 Å². The Morgan fingerprint density at radius 3 is 2.78 bits per heavy atom. The average Bonchev–Trinajstić information content (AvgIpc) is 2.84.